The van der Waals surface area contributed by atoms with Gasteiger partial charge in [0.2, 0.25) is 5.91 Å². The summed E-state index contributed by atoms with van der Waals surface area (Å²) < 4.78 is 6.20. The van der Waals surface area contributed by atoms with Gasteiger partial charge in [-0.05, 0) is 30.9 Å². The van der Waals surface area contributed by atoms with E-state index in [1.165, 1.54) is 21.6 Å². The minimum absolute atomic E-state index is 0.0618. The first-order valence-corrected chi connectivity index (χ1v) is 13.9. The number of ether oxygens (including phenoxy) is 1. The van der Waals surface area contributed by atoms with Crippen molar-refractivity contribution < 1.29 is 29.0 Å². The monoisotopic (exact) mass is 553 g/mol. The highest BCUT2D eigenvalue weighted by Crippen LogP contribution is 2.31. The van der Waals surface area contributed by atoms with Gasteiger partial charge in [0.25, 0.3) is 11.8 Å². The number of rotatable bonds is 14. The maximum Gasteiger partial charge on any atom is 0.355 e. The molecule has 2 heterocycles. The van der Waals surface area contributed by atoms with Gasteiger partial charge in [-0.25, -0.2) is 9.78 Å². The molecule has 1 aliphatic rings. The first-order valence-electron chi connectivity index (χ1n) is 13.1. The van der Waals surface area contributed by atoms with Crippen molar-refractivity contribution >= 4 is 35.0 Å². The number of terminal acetylenes is 1. The van der Waals surface area contributed by atoms with Crippen molar-refractivity contribution in [3.63, 3.8) is 0 Å². The summed E-state index contributed by atoms with van der Waals surface area (Å²) in [4.78, 5) is 56.9. The van der Waals surface area contributed by atoms with E-state index in [0.717, 1.165) is 0 Å². The van der Waals surface area contributed by atoms with Gasteiger partial charge in [-0.1, -0.05) is 32.9 Å². The highest BCUT2D eigenvalue weighted by molar-refractivity contribution is 7.09. The number of aromatic carboxylic acids is 1. The molecule has 1 N–H and O–H groups in total. The molecule has 0 radical (unpaired) electrons. The molecule has 3 amide bonds. The van der Waals surface area contributed by atoms with E-state index in [0.29, 0.717) is 35.4 Å². The first-order chi connectivity index (χ1) is 18.6. The Morgan fingerprint density at radius 1 is 1.21 bits per heavy atom. The fraction of sp³-hybridized carbons (Fsp3) is 0.483. The Labute approximate surface area is 233 Å². The zero-order valence-electron chi connectivity index (χ0n) is 22.8. The average molecular weight is 554 g/mol. The van der Waals surface area contributed by atoms with E-state index in [1.807, 2.05) is 20.8 Å². The van der Waals surface area contributed by atoms with Gasteiger partial charge in [0.15, 0.2) is 5.69 Å². The van der Waals surface area contributed by atoms with E-state index in [-0.39, 0.29) is 60.9 Å². The molecule has 1 aromatic heterocycles. The zero-order valence-corrected chi connectivity index (χ0v) is 23.6. The van der Waals surface area contributed by atoms with Crippen molar-refractivity contribution in [1.29, 1.82) is 0 Å². The van der Waals surface area contributed by atoms with E-state index >= 15 is 0 Å². The number of amides is 3. The fourth-order valence-electron chi connectivity index (χ4n) is 4.62. The lowest BCUT2D eigenvalue weighted by Crippen LogP contribution is -2.42. The Balaban J connectivity index is 1.70. The summed E-state index contributed by atoms with van der Waals surface area (Å²) in [5, 5.41) is 11.3. The molecule has 208 valence electrons. The second kappa shape index (κ2) is 13.5. The molecule has 9 nitrogen and oxygen atoms in total. The van der Waals surface area contributed by atoms with Gasteiger partial charge in [-0.3, -0.25) is 19.3 Å². The molecule has 3 atom stereocenters. The Kier molecular flexibility index (Phi) is 10.4. The summed E-state index contributed by atoms with van der Waals surface area (Å²) >= 11 is 1.19. The lowest BCUT2D eigenvalue weighted by Gasteiger charge is -2.34. The molecule has 0 fully saturated rings. The van der Waals surface area contributed by atoms with Crippen LogP contribution in [-0.2, 0) is 9.53 Å². The summed E-state index contributed by atoms with van der Waals surface area (Å²) in [6, 6.07) is 6.51. The third-order valence-electron chi connectivity index (χ3n) is 7.01. The van der Waals surface area contributed by atoms with E-state index in [1.54, 1.807) is 36.2 Å². The van der Waals surface area contributed by atoms with Crippen LogP contribution < -0.4 is 0 Å². The van der Waals surface area contributed by atoms with Gasteiger partial charge in [0.1, 0.15) is 11.1 Å². The number of aromatic nitrogens is 1. The third-order valence-corrected chi connectivity index (χ3v) is 7.94. The summed E-state index contributed by atoms with van der Waals surface area (Å²) in [7, 11) is 1.75. The van der Waals surface area contributed by atoms with Gasteiger partial charge in [0.05, 0.1) is 11.1 Å². The third kappa shape index (κ3) is 7.11. The predicted octanol–water partition coefficient (Wildman–Crippen LogP) is 4.51. The highest BCUT2D eigenvalue weighted by Gasteiger charge is 2.35. The summed E-state index contributed by atoms with van der Waals surface area (Å²) in [6.45, 7) is 6.37. The molecule has 0 aliphatic carbocycles. The van der Waals surface area contributed by atoms with Crippen LogP contribution in [-0.4, -0.2) is 69.8 Å². The van der Waals surface area contributed by atoms with E-state index in [4.69, 9.17) is 11.2 Å². The van der Waals surface area contributed by atoms with Crippen molar-refractivity contribution in [2.24, 2.45) is 11.8 Å². The molecular weight excluding hydrogens is 518 g/mol. The van der Waals surface area contributed by atoms with Gasteiger partial charge in [-0.15, -0.1) is 23.7 Å². The number of thiazole rings is 1. The first kappa shape index (κ1) is 30.0. The van der Waals surface area contributed by atoms with Gasteiger partial charge in [-0.2, -0.15) is 0 Å². The van der Waals surface area contributed by atoms with Crippen LogP contribution in [0.4, 0.5) is 0 Å². The van der Waals surface area contributed by atoms with Crippen molar-refractivity contribution in [1.82, 2.24) is 14.8 Å². The van der Waals surface area contributed by atoms with Crippen LogP contribution in [0.15, 0.2) is 29.6 Å². The Morgan fingerprint density at radius 2 is 1.85 bits per heavy atom. The van der Waals surface area contributed by atoms with Crippen LogP contribution >= 0.6 is 11.3 Å². The van der Waals surface area contributed by atoms with Crippen LogP contribution in [0.2, 0.25) is 0 Å². The number of carboxylic acid groups (broad SMARTS) is 1. The number of hydrogen-bond donors (Lipinski definition) is 1. The Bertz CT molecular complexity index is 1210. The van der Waals surface area contributed by atoms with Crippen LogP contribution in [0, 0.1) is 24.2 Å². The summed E-state index contributed by atoms with van der Waals surface area (Å²) in [6.07, 6.45) is 6.72. The second-order valence-electron chi connectivity index (χ2n) is 9.92. The van der Waals surface area contributed by atoms with Crippen LogP contribution in [0.3, 0.4) is 0 Å². The molecule has 3 rings (SSSR count). The molecule has 0 unspecified atom stereocenters. The van der Waals surface area contributed by atoms with Crippen LogP contribution in [0.5, 0.6) is 0 Å². The number of fused-ring (bicyclic) bond motifs is 1. The highest BCUT2D eigenvalue weighted by atomic mass is 32.1. The van der Waals surface area contributed by atoms with Crippen molar-refractivity contribution in [3.05, 3.63) is 51.5 Å². The number of hydrogen-bond acceptors (Lipinski definition) is 7. The van der Waals surface area contributed by atoms with E-state index in [2.05, 4.69) is 10.9 Å². The second-order valence-corrected chi connectivity index (χ2v) is 10.8. The topological polar surface area (TPSA) is 117 Å². The van der Waals surface area contributed by atoms with Crippen LogP contribution in [0.1, 0.15) is 88.8 Å². The fourth-order valence-corrected chi connectivity index (χ4v) is 5.48. The van der Waals surface area contributed by atoms with Gasteiger partial charge < -0.3 is 14.7 Å². The summed E-state index contributed by atoms with van der Waals surface area (Å²) in [5.74, 6) is 0.765. The molecule has 0 saturated carbocycles. The number of carbonyl (C=O) groups is 4. The van der Waals surface area contributed by atoms with Crippen LogP contribution in [0.25, 0.3) is 0 Å². The van der Waals surface area contributed by atoms with Crippen molar-refractivity contribution in [2.75, 3.05) is 20.2 Å². The number of imide groups is 1. The molecule has 1 aliphatic heterocycles. The molecule has 0 bridgehead atoms. The number of carboxylic acids is 1. The molecule has 39 heavy (non-hydrogen) atoms. The maximum absolute atomic E-state index is 13.0. The molecule has 0 saturated heterocycles. The minimum Gasteiger partial charge on any atom is -0.476 e. The molecule has 1 aromatic carbocycles. The van der Waals surface area contributed by atoms with Crippen molar-refractivity contribution in [3.8, 4) is 12.3 Å². The molecular formula is C29H35N3O6S. The quantitative estimate of drug-likeness (QED) is 0.208. The van der Waals surface area contributed by atoms with E-state index in [9.17, 15) is 24.3 Å². The van der Waals surface area contributed by atoms with Gasteiger partial charge in [0, 0.05) is 50.4 Å². The minimum atomic E-state index is -1.13. The molecule has 0 spiro atoms. The normalized spacial score (nSPS) is 15.1. The van der Waals surface area contributed by atoms with E-state index < -0.39 is 12.1 Å². The lowest BCUT2D eigenvalue weighted by molar-refractivity contribution is -0.134. The predicted molar refractivity (Wildman–Crippen MR) is 147 cm³/mol. The average Bonchev–Trinajstić information content (AvgIpc) is 3.50. The number of benzene rings is 1. The Hall–Kier alpha value is -3.55. The molecule has 2 aromatic rings. The lowest BCUT2D eigenvalue weighted by atomic mass is 9.95. The maximum atomic E-state index is 13.0. The number of carbonyl (C=O) groups excluding carboxylic acids is 3. The molecule has 10 heteroatoms. The van der Waals surface area contributed by atoms with Gasteiger partial charge >= 0.3 is 5.97 Å². The standard InChI is InChI=1S/C29H35N3O6S/c1-6-19(7-2)15-25(33)31(5)23(18(3)4)16-24(26-30-22(17-39-26)29(36)37)38-14-10-13-32-27(34)20-11-8-9-12-21(20)28(32)35/h1,8-9,11-12,17-19,23-24H,7,10,13-16H2,2-5H3,(H,36,37)/t19-,23+,24+/m0/s1. The number of nitrogens with zero attached hydrogens (tertiary/aromatic N) is 3. The zero-order chi connectivity index (χ0) is 28.7. The van der Waals surface area contributed by atoms with Crippen molar-refractivity contribution in [2.45, 2.75) is 58.6 Å². The summed E-state index contributed by atoms with van der Waals surface area (Å²) in [5.41, 5.74) is 0.723. The smallest absolute Gasteiger partial charge is 0.355 e. The SMILES string of the molecule is C#C[C@@H](CC)CC(=O)N(C)[C@H](C[C@@H](OCCCN1C(=O)c2ccccc2C1=O)c1nc(C(=O)O)cs1)C(C)C. The Morgan fingerprint density at radius 3 is 2.36 bits per heavy atom. The largest absolute Gasteiger partial charge is 0.476 e.